The number of urea groups is 1. The number of aromatic hydroxyl groups is 1. The van der Waals surface area contributed by atoms with E-state index in [1.54, 1.807) is 12.1 Å². The molecule has 0 bridgehead atoms. The Balaban J connectivity index is 1.45. The monoisotopic (exact) mass is 351 g/mol. The van der Waals surface area contributed by atoms with Crippen molar-refractivity contribution in [2.45, 2.75) is 25.7 Å². The van der Waals surface area contributed by atoms with Gasteiger partial charge in [-0.05, 0) is 53.3 Å². The Morgan fingerprint density at radius 2 is 1.85 bits per heavy atom. The second-order valence-electron chi connectivity index (χ2n) is 7.19. The molecule has 0 aliphatic heterocycles. The number of hydrogen-bond donors (Lipinski definition) is 4. The second kappa shape index (κ2) is 7.52. The third-order valence-electron chi connectivity index (χ3n) is 4.66. The third kappa shape index (κ3) is 4.36. The van der Waals surface area contributed by atoms with Gasteiger partial charge in [-0.1, -0.05) is 32.0 Å². The highest BCUT2D eigenvalue weighted by Crippen LogP contribution is 2.24. The summed E-state index contributed by atoms with van der Waals surface area (Å²) >= 11 is 0. The quantitative estimate of drug-likeness (QED) is 0.546. The van der Waals surface area contributed by atoms with Gasteiger partial charge in [-0.2, -0.15) is 0 Å². The van der Waals surface area contributed by atoms with Crippen molar-refractivity contribution in [3.05, 3.63) is 65.9 Å². The summed E-state index contributed by atoms with van der Waals surface area (Å²) in [5.41, 5.74) is 3.16. The first kappa shape index (κ1) is 17.9. The first-order valence-corrected chi connectivity index (χ1v) is 8.81. The summed E-state index contributed by atoms with van der Waals surface area (Å²) in [6.07, 6.45) is 2.71. The van der Waals surface area contributed by atoms with Crippen LogP contribution in [-0.4, -0.2) is 29.2 Å². The van der Waals surface area contributed by atoms with Gasteiger partial charge in [0.2, 0.25) is 0 Å². The van der Waals surface area contributed by atoms with E-state index in [0.29, 0.717) is 13.1 Å². The van der Waals surface area contributed by atoms with E-state index in [1.165, 1.54) is 10.9 Å². The molecule has 26 heavy (non-hydrogen) atoms. The third-order valence-corrected chi connectivity index (χ3v) is 4.66. The number of nitrogens with one attached hydrogen (secondary N) is 3. The van der Waals surface area contributed by atoms with Gasteiger partial charge in [0.15, 0.2) is 0 Å². The number of fused-ring (bicyclic) bond motifs is 1. The van der Waals surface area contributed by atoms with Gasteiger partial charge in [0.25, 0.3) is 0 Å². The van der Waals surface area contributed by atoms with E-state index < -0.39 is 0 Å². The van der Waals surface area contributed by atoms with Gasteiger partial charge in [0.1, 0.15) is 5.75 Å². The second-order valence-corrected chi connectivity index (χ2v) is 7.19. The number of phenols is 1. The number of carbonyl (C=O) groups is 1. The maximum absolute atomic E-state index is 12.1. The zero-order chi connectivity index (χ0) is 18.6. The van der Waals surface area contributed by atoms with Crippen molar-refractivity contribution in [1.29, 1.82) is 0 Å². The van der Waals surface area contributed by atoms with Gasteiger partial charge in [0.05, 0.1) is 0 Å². The van der Waals surface area contributed by atoms with Gasteiger partial charge in [-0.15, -0.1) is 0 Å². The Morgan fingerprint density at radius 3 is 2.62 bits per heavy atom. The van der Waals surface area contributed by atoms with Crippen LogP contribution in [0, 0.1) is 0 Å². The zero-order valence-corrected chi connectivity index (χ0v) is 15.2. The van der Waals surface area contributed by atoms with E-state index >= 15 is 0 Å². The van der Waals surface area contributed by atoms with E-state index in [2.05, 4.69) is 47.7 Å². The largest absolute Gasteiger partial charge is 0.508 e. The molecule has 0 unspecified atom stereocenters. The lowest BCUT2D eigenvalue weighted by Gasteiger charge is -2.25. The molecule has 0 aliphatic carbocycles. The number of aromatic nitrogens is 1. The zero-order valence-electron chi connectivity index (χ0n) is 15.2. The average molecular weight is 351 g/mol. The van der Waals surface area contributed by atoms with Crippen LogP contribution in [-0.2, 0) is 11.8 Å². The highest BCUT2D eigenvalue weighted by Gasteiger charge is 2.21. The molecule has 4 N–H and O–H groups in total. The normalized spacial score (nSPS) is 11.5. The lowest BCUT2D eigenvalue weighted by Crippen LogP contribution is -2.42. The molecule has 5 nitrogen and oxygen atoms in total. The molecular formula is C21H25N3O2. The van der Waals surface area contributed by atoms with Crippen LogP contribution in [0.25, 0.3) is 10.9 Å². The van der Waals surface area contributed by atoms with Gasteiger partial charge in [-0.3, -0.25) is 0 Å². The van der Waals surface area contributed by atoms with Crippen LogP contribution in [0.15, 0.2) is 54.7 Å². The van der Waals surface area contributed by atoms with Crippen LogP contribution in [0.5, 0.6) is 5.75 Å². The maximum atomic E-state index is 12.1. The molecule has 0 saturated carbocycles. The van der Waals surface area contributed by atoms with E-state index in [9.17, 15) is 9.90 Å². The van der Waals surface area contributed by atoms with Crippen LogP contribution in [0.3, 0.4) is 0 Å². The molecule has 0 radical (unpaired) electrons. The highest BCUT2D eigenvalue weighted by molar-refractivity contribution is 5.80. The number of hydrogen-bond acceptors (Lipinski definition) is 2. The van der Waals surface area contributed by atoms with Crippen molar-refractivity contribution in [2.75, 3.05) is 13.1 Å². The fourth-order valence-corrected chi connectivity index (χ4v) is 2.96. The Bertz CT molecular complexity index is 882. The van der Waals surface area contributed by atoms with E-state index in [0.717, 1.165) is 17.5 Å². The molecule has 2 aromatic carbocycles. The van der Waals surface area contributed by atoms with Gasteiger partial charge >= 0.3 is 6.03 Å². The molecule has 5 heteroatoms. The Kier molecular flexibility index (Phi) is 5.16. The Morgan fingerprint density at radius 1 is 1.08 bits per heavy atom. The van der Waals surface area contributed by atoms with Crippen molar-refractivity contribution in [1.82, 2.24) is 15.6 Å². The highest BCUT2D eigenvalue weighted by atomic mass is 16.3. The molecule has 0 saturated heterocycles. The number of benzene rings is 2. The number of aromatic amines is 1. The maximum Gasteiger partial charge on any atom is 0.314 e. The predicted molar refractivity (Wildman–Crippen MR) is 105 cm³/mol. The molecule has 3 rings (SSSR count). The molecule has 1 aromatic heterocycles. The minimum Gasteiger partial charge on any atom is -0.508 e. The Hall–Kier alpha value is -2.95. The van der Waals surface area contributed by atoms with Crippen LogP contribution >= 0.6 is 0 Å². The summed E-state index contributed by atoms with van der Waals surface area (Å²) in [6.45, 7) is 5.22. The van der Waals surface area contributed by atoms with E-state index in [-0.39, 0.29) is 17.2 Å². The molecular weight excluding hydrogens is 326 g/mol. The molecule has 0 atom stereocenters. The van der Waals surface area contributed by atoms with Crippen molar-refractivity contribution >= 4 is 16.9 Å². The minimum absolute atomic E-state index is 0.167. The summed E-state index contributed by atoms with van der Waals surface area (Å²) in [6, 6.07) is 15.2. The van der Waals surface area contributed by atoms with E-state index in [1.807, 2.05) is 24.4 Å². The van der Waals surface area contributed by atoms with Crippen LogP contribution in [0.1, 0.15) is 25.0 Å². The van der Waals surface area contributed by atoms with Crippen molar-refractivity contribution in [3.63, 3.8) is 0 Å². The molecule has 2 amide bonds. The molecule has 136 valence electrons. The predicted octanol–water partition coefficient (Wildman–Crippen LogP) is 3.69. The van der Waals surface area contributed by atoms with Crippen molar-refractivity contribution < 1.29 is 9.90 Å². The summed E-state index contributed by atoms with van der Waals surface area (Å²) in [7, 11) is 0. The minimum atomic E-state index is -0.218. The number of carbonyl (C=O) groups excluding carboxylic acids is 1. The lowest BCUT2D eigenvalue weighted by atomic mass is 9.84. The van der Waals surface area contributed by atoms with Crippen molar-refractivity contribution in [3.8, 4) is 5.75 Å². The molecule has 0 spiro atoms. The fourth-order valence-electron chi connectivity index (χ4n) is 2.96. The first-order chi connectivity index (χ1) is 12.4. The van der Waals surface area contributed by atoms with Gasteiger partial charge in [0, 0.05) is 30.2 Å². The molecule has 0 fully saturated rings. The van der Waals surface area contributed by atoms with Crippen LogP contribution in [0.2, 0.25) is 0 Å². The van der Waals surface area contributed by atoms with Gasteiger partial charge < -0.3 is 20.7 Å². The molecule has 0 aliphatic rings. The molecule has 1 heterocycles. The lowest BCUT2D eigenvalue weighted by molar-refractivity contribution is 0.238. The van der Waals surface area contributed by atoms with Gasteiger partial charge in [-0.25, -0.2) is 4.79 Å². The number of amides is 2. The van der Waals surface area contributed by atoms with E-state index in [4.69, 9.17) is 0 Å². The summed E-state index contributed by atoms with van der Waals surface area (Å²) < 4.78 is 0. The number of rotatable bonds is 6. The van der Waals surface area contributed by atoms with Crippen molar-refractivity contribution in [2.24, 2.45) is 0 Å². The number of phenolic OH excluding ortho intramolecular Hbond substituents is 1. The summed E-state index contributed by atoms with van der Waals surface area (Å²) in [5.74, 6) is 0.244. The smallest absolute Gasteiger partial charge is 0.314 e. The topological polar surface area (TPSA) is 77.2 Å². The summed E-state index contributed by atoms with van der Waals surface area (Å²) in [4.78, 5) is 15.2. The van der Waals surface area contributed by atoms with Crippen LogP contribution < -0.4 is 10.6 Å². The fraction of sp³-hybridized carbons (Fsp3) is 0.286. The average Bonchev–Trinajstić information content (AvgIpc) is 3.08. The van der Waals surface area contributed by atoms with Crippen LogP contribution in [0.4, 0.5) is 4.79 Å². The standard InChI is InChI=1S/C21H25N3O2/c1-21(2,17-4-6-18(25)7-5-17)14-24-20(26)23-11-9-15-3-8-19-16(13-15)10-12-22-19/h3-8,10,12-13,22,25H,9,11,14H2,1-2H3,(H2,23,24,26). The SMILES string of the molecule is CC(C)(CNC(=O)NCCc1ccc2[nH]ccc2c1)c1ccc(O)cc1. The summed E-state index contributed by atoms with van der Waals surface area (Å²) in [5, 5.41) is 16.4. The first-order valence-electron chi connectivity index (χ1n) is 8.81. The molecule has 3 aromatic rings. The number of H-pyrrole nitrogens is 1. The Labute approximate surface area is 153 Å².